The Morgan fingerprint density at radius 2 is 2.10 bits per heavy atom. The van der Waals surface area contributed by atoms with Gasteiger partial charge in [-0.1, -0.05) is 30.3 Å². The van der Waals surface area contributed by atoms with Crippen LogP contribution in [-0.2, 0) is 4.74 Å². The molecule has 0 radical (unpaired) electrons. The molecule has 2 heterocycles. The van der Waals surface area contributed by atoms with Crippen LogP contribution in [0.25, 0.3) is 11.4 Å². The molecule has 0 spiro atoms. The molecule has 1 atom stereocenters. The van der Waals surface area contributed by atoms with Gasteiger partial charge in [0.15, 0.2) is 5.82 Å². The summed E-state index contributed by atoms with van der Waals surface area (Å²) in [6.45, 7) is 2.55. The topological polar surface area (TPSA) is 73.1 Å². The number of benzene rings is 1. The Morgan fingerprint density at radius 1 is 1.24 bits per heavy atom. The van der Waals surface area contributed by atoms with Crippen molar-refractivity contribution in [2.24, 2.45) is 5.92 Å². The summed E-state index contributed by atoms with van der Waals surface area (Å²) in [5, 5.41) is 3.35. The van der Waals surface area contributed by atoms with Gasteiger partial charge < -0.3 is 15.8 Å². The highest BCUT2D eigenvalue weighted by atomic mass is 16.5. The summed E-state index contributed by atoms with van der Waals surface area (Å²) >= 11 is 0. The molecule has 3 N–H and O–H groups in total. The maximum absolute atomic E-state index is 5.89. The first-order chi connectivity index (χ1) is 10.3. The predicted octanol–water partition coefficient (Wildman–Crippen LogP) is 2.56. The van der Waals surface area contributed by atoms with E-state index in [0.29, 0.717) is 17.6 Å². The molecular formula is C16H20N4O. The second-order valence-corrected chi connectivity index (χ2v) is 5.33. The minimum absolute atomic E-state index is 0.478. The Kier molecular flexibility index (Phi) is 4.31. The fraction of sp³-hybridized carbons (Fsp3) is 0.375. The number of rotatable bonds is 4. The summed E-state index contributed by atoms with van der Waals surface area (Å²) in [7, 11) is 0. The molecule has 1 aliphatic heterocycles. The lowest BCUT2D eigenvalue weighted by Gasteiger charge is -2.22. The fourth-order valence-corrected chi connectivity index (χ4v) is 2.49. The molecule has 1 aromatic carbocycles. The maximum atomic E-state index is 5.89. The van der Waals surface area contributed by atoms with Gasteiger partial charge in [-0.3, -0.25) is 0 Å². The average Bonchev–Trinajstić information content (AvgIpc) is 2.54. The van der Waals surface area contributed by atoms with E-state index < -0.39 is 0 Å². The van der Waals surface area contributed by atoms with Gasteiger partial charge in [-0.2, -0.15) is 0 Å². The van der Waals surface area contributed by atoms with Gasteiger partial charge in [0.05, 0.1) is 6.61 Å². The minimum Gasteiger partial charge on any atom is -0.384 e. The van der Waals surface area contributed by atoms with Gasteiger partial charge in [0.1, 0.15) is 11.6 Å². The van der Waals surface area contributed by atoms with Gasteiger partial charge in [0.2, 0.25) is 0 Å². The third-order valence-electron chi connectivity index (χ3n) is 3.60. The Bertz CT molecular complexity index is 582. The molecule has 5 nitrogen and oxygen atoms in total. The number of nitrogens with two attached hydrogens (primary N) is 1. The van der Waals surface area contributed by atoms with Crippen molar-refractivity contribution < 1.29 is 4.74 Å². The third kappa shape index (κ3) is 3.70. The lowest BCUT2D eigenvalue weighted by molar-refractivity contribution is 0.0595. The van der Waals surface area contributed by atoms with Crippen LogP contribution < -0.4 is 11.1 Å². The number of anilines is 2. The molecule has 0 saturated carbocycles. The molecule has 5 heteroatoms. The van der Waals surface area contributed by atoms with Crippen LogP contribution in [0, 0.1) is 5.92 Å². The Balaban J connectivity index is 1.72. The average molecular weight is 284 g/mol. The number of nitrogens with one attached hydrogen (secondary N) is 1. The molecule has 1 saturated heterocycles. The Labute approximate surface area is 124 Å². The molecule has 2 aromatic rings. The third-order valence-corrected chi connectivity index (χ3v) is 3.60. The summed E-state index contributed by atoms with van der Waals surface area (Å²) in [5.74, 6) is 2.44. The minimum atomic E-state index is 0.478. The molecule has 1 aliphatic rings. The van der Waals surface area contributed by atoms with Gasteiger partial charge >= 0.3 is 0 Å². The molecule has 1 fully saturated rings. The quantitative estimate of drug-likeness (QED) is 0.902. The van der Waals surface area contributed by atoms with Crippen molar-refractivity contribution in [2.75, 3.05) is 30.8 Å². The van der Waals surface area contributed by atoms with Gasteiger partial charge in [0, 0.05) is 24.8 Å². The predicted molar refractivity (Wildman–Crippen MR) is 83.9 cm³/mol. The van der Waals surface area contributed by atoms with Crippen LogP contribution in [0.15, 0.2) is 36.4 Å². The summed E-state index contributed by atoms with van der Waals surface area (Å²) in [5.41, 5.74) is 6.86. The number of nitrogens with zero attached hydrogens (tertiary/aromatic N) is 2. The van der Waals surface area contributed by atoms with E-state index in [0.717, 1.165) is 37.6 Å². The summed E-state index contributed by atoms with van der Waals surface area (Å²) in [6, 6.07) is 11.6. The fourth-order valence-electron chi connectivity index (χ4n) is 2.49. The SMILES string of the molecule is Nc1cc(NCC2CCCOC2)nc(-c2ccccc2)n1. The largest absolute Gasteiger partial charge is 0.384 e. The van der Waals surface area contributed by atoms with Crippen molar-refractivity contribution in [1.29, 1.82) is 0 Å². The standard InChI is InChI=1S/C16H20N4O/c17-14-9-15(18-10-12-5-4-8-21-11-12)20-16(19-14)13-6-2-1-3-7-13/h1-3,6-7,9,12H,4-5,8,10-11H2,(H3,17,18,19,20). The van der Waals surface area contributed by atoms with Crippen LogP contribution in [0.5, 0.6) is 0 Å². The van der Waals surface area contributed by atoms with Gasteiger partial charge in [-0.15, -0.1) is 0 Å². The molecule has 3 rings (SSSR count). The smallest absolute Gasteiger partial charge is 0.163 e. The van der Waals surface area contributed by atoms with Crippen molar-refractivity contribution in [3.05, 3.63) is 36.4 Å². The molecule has 21 heavy (non-hydrogen) atoms. The van der Waals surface area contributed by atoms with Gasteiger partial charge in [0.25, 0.3) is 0 Å². The number of hydrogen-bond acceptors (Lipinski definition) is 5. The van der Waals surface area contributed by atoms with E-state index >= 15 is 0 Å². The first-order valence-electron chi connectivity index (χ1n) is 7.33. The van der Waals surface area contributed by atoms with Gasteiger partial charge in [-0.25, -0.2) is 9.97 Å². The van der Waals surface area contributed by atoms with Crippen LogP contribution >= 0.6 is 0 Å². The number of aromatic nitrogens is 2. The van der Waals surface area contributed by atoms with Crippen LogP contribution in [0.3, 0.4) is 0 Å². The molecule has 0 bridgehead atoms. The zero-order valence-electron chi connectivity index (χ0n) is 12.0. The first kappa shape index (κ1) is 13.8. The van der Waals surface area contributed by atoms with E-state index in [-0.39, 0.29) is 0 Å². The highest BCUT2D eigenvalue weighted by Crippen LogP contribution is 2.20. The number of hydrogen-bond donors (Lipinski definition) is 2. The van der Waals surface area contributed by atoms with Crippen molar-refractivity contribution >= 4 is 11.6 Å². The van der Waals surface area contributed by atoms with E-state index in [4.69, 9.17) is 10.5 Å². The molecule has 0 aliphatic carbocycles. The van der Waals surface area contributed by atoms with Crippen molar-refractivity contribution in [2.45, 2.75) is 12.8 Å². The molecular weight excluding hydrogens is 264 g/mol. The van der Waals surface area contributed by atoms with Gasteiger partial charge in [-0.05, 0) is 18.8 Å². The van der Waals surface area contributed by atoms with E-state index in [1.54, 1.807) is 6.07 Å². The normalized spacial score (nSPS) is 18.4. The van der Waals surface area contributed by atoms with E-state index in [1.807, 2.05) is 30.3 Å². The Morgan fingerprint density at radius 3 is 2.86 bits per heavy atom. The van der Waals surface area contributed by atoms with Crippen LogP contribution in [0.1, 0.15) is 12.8 Å². The zero-order valence-corrected chi connectivity index (χ0v) is 12.0. The van der Waals surface area contributed by atoms with E-state index in [2.05, 4.69) is 15.3 Å². The van der Waals surface area contributed by atoms with E-state index in [9.17, 15) is 0 Å². The van der Waals surface area contributed by atoms with Crippen molar-refractivity contribution in [3.8, 4) is 11.4 Å². The van der Waals surface area contributed by atoms with Crippen molar-refractivity contribution in [1.82, 2.24) is 9.97 Å². The Hall–Kier alpha value is -2.14. The summed E-state index contributed by atoms with van der Waals surface area (Å²) < 4.78 is 5.49. The lowest BCUT2D eigenvalue weighted by atomic mass is 10.0. The summed E-state index contributed by atoms with van der Waals surface area (Å²) in [4.78, 5) is 8.85. The highest BCUT2D eigenvalue weighted by Gasteiger charge is 2.14. The molecule has 1 aromatic heterocycles. The van der Waals surface area contributed by atoms with Crippen LogP contribution in [0.4, 0.5) is 11.6 Å². The second-order valence-electron chi connectivity index (χ2n) is 5.33. The van der Waals surface area contributed by atoms with Crippen molar-refractivity contribution in [3.63, 3.8) is 0 Å². The number of ether oxygens (including phenoxy) is 1. The zero-order chi connectivity index (χ0) is 14.5. The van der Waals surface area contributed by atoms with Crippen LogP contribution in [-0.4, -0.2) is 29.7 Å². The maximum Gasteiger partial charge on any atom is 0.163 e. The summed E-state index contributed by atoms with van der Waals surface area (Å²) in [6.07, 6.45) is 2.33. The van der Waals surface area contributed by atoms with Crippen LogP contribution in [0.2, 0.25) is 0 Å². The first-order valence-corrected chi connectivity index (χ1v) is 7.33. The molecule has 0 amide bonds. The molecule has 110 valence electrons. The van der Waals surface area contributed by atoms with E-state index in [1.165, 1.54) is 6.42 Å². The molecule has 1 unspecified atom stereocenters. The highest BCUT2D eigenvalue weighted by molar-refractivity contribution is 5.60. The number of nitrogen functional groups attached to an aromatic ring is 1. The lowest BCUT2D eigenvalue weighted by Crippen LogP contribution is -2.24. The second kappa shape index (κ2) is 6.54. The monoisotopic (exact) mass is 284 g/mol.